The summed E-state index contributed by atoms with van der Waals surface area (Å²) in [5.74, 6) is 0. The van der Waals surface area contributed by atoms with Crippen LogP contribution in [0.15, 0.2) is 36.2 Å². The number of aryl methyl sites for hydroxylation is 2. The molecule has 3 N–H and O–H groups in total. The van der Waals surface area contributed by atoms with Crippen LogP contribution in [0.25, 0.3) is 10.4 Å². The van der Waals surface area contributed by atoms with Crippen LogP contribution in [0.5, 0.6) is 0 Å². The number of halogens is 3. The first-order chi connectivity index (χ1) is 15.3. The van der Waals surface area contributed by atoms with Crippen LogP contribution in [-0.2, 0) is 12.8 Å². The minimum atomic E-state index is -4.66. The molecule has 0 saturated carbocycles. The Hall–Kier alpha value is -2.15. The third kappa shape index (κ3) is 8.08. The van der Waals surface area contributed by atoms with E-state index in [4.69, 9.17) is 11.1 Å². The van der Waals surface area contributed by atoms with Crippen molar-refractivity contribution in [1.82, 2.24) is 4.98 Å². The van der Waals surface area contributed by atoms with Crippen LogP contribution in [-0.4, -0.2) is 16.9 Å². The third-order valence-electron chi connectivity index (χ3n) is 5.36. The second-order valence-corrected chi connectivity index (χ2v) is 9.27. The molecule has 2 aromatic heterocycles. The van der Waals surface area contributed by atoms with Crippen molar-refractivity contribution in [3.05, 3.63) is 52.3 Å². The molecule has 2 rings (SSSR count). The normalized spacial score (nSPS) is 12.3. The Kier molecular flexibility index (Phi) is 10.4. The summed E-state index contributed by atoms with van der Waals surface area (Å²) in [5.41, 5.74) is 5.81. The van der Waals surface area contributed by atoms with E-state index in [-0.39, 0.29) is 11.4 Å². The maximum absolute atomic E-state index is 12.7. The summed E-state index contributed by atoms with van der Waals surface area (Å²) < 4.78 is 38.2. The van der Waals surface area contributed by atoms with Crippen LogP contribution in [0, 0.1) is 5.41 Å². The number of allylic oxidation sites excluding steroid dienone is 2. The Morgan fingerprint density at radius 3 is 2.31 bits per heavy atom. The molecule has 0 aromatic carbocycles. The third-order valence-corrected chi connectivity index (χ3v) is 6.65. The molecule has 0 saturated heterocycles. The predicted molar refractivity (Wildman–Crippen MR) is 128 cm³/mol. The molecule has 0 fully saturated rings. The molecule has 0 aliphatic carbocycles. The lowest BCUT2D eigenvalue weighted by Crippen LogP contribution is -2.20. The highest BCUT2D eigenvalue weighted by Gasteiger charge is 2.31. The van der Waals surface area contributed by atoms with Gasteiger partial charge in [0, 0.05) is 16.0 Å². The van der Waals surface area contributed by atoms with E-state index >= 15 is 0 Å². The molecular weight excluding hydrogens is 431 g/mol. The standard InChI is InChI=1S/C25H34F3N3S/c1-3-5-7-9-11-18-15-20(12-10-8-6-4-2)32-24(18)19-13-14-31-22(16-19)21(29)17-23(30)25(26,27)28/h13-17,29H,3-12,30H2,1-2H3. The van der Waals surface area contributed by atoms with Crippen molar-refractivity contribution in [2.75, 3.05) is 0 Å². The Morgan fingerprint density at radius 1 is 1.03 bits per heavy atom. The summed E-state index contributed by atoms with van der Waals surface area (Å²) in [6.07, 6.45) is 9.09. The van der Waals surface area contributed by atoms with Gasteiger partial charge in [0.25, 0.3) is 0 Å². The van der Waals surface area contributed by atoms with E-state index in [1.807, 2.05) is 6.07 Å². The highest BCUT2D eigenvalue weighted by molar-refractivity contribution is 7.15. The molecule has 0 bridgehead atoms. The van der Waals surface area contributed by atoms with Crippen LogP contribution in [0.3, 0.4) is 0 Å². The topological polar surface area (TPSA) is 62.8 Å². The van der Waals surface area contributed by atoms with E-state index in [9.17, 15) is 13.2 Å². The zero-order valence-corrected chi connectivity index (χ0v) is 19.8. The molecule has 7 heteroatoms. The van der Waals surface area contributed by atoms with E-state index in [1.165, 1.54) is 49.0 Å². The van der Waals surface area contributed by atoms with Crippen molar-refractivity contribution in [3.63, 3.8) is 0 Å². The number of unbranched alkanes of at least 4 members (excludes halogenated alkanes) is 6. The molecular formula is C25H34F3N3S. The number of pyridine rings is 1. The molecule has 0 aliphatic rings. The van der Waals surface area contributed by atoms with E-state index in [2.05, 4.69) is 24.9 Å². The molecule has 0 atom stereocenters. The second kappa shape index (κ2) is 12.8. The van der Waals surface area contributed by atoms with Crippen LogP contribution in [0.4, 0.5) is 13.2 Å². The molecule has 0 unspecified atom stereocenters. The Bertz CT molecular complexity index is 900. The maximum atomic E-state index is 12.7. The summed E-state index contributed by atoms with van der Waals surface area (Å²) >= 11 is 1.75. The molecule has 0 spiro atoms. The van der Waals surface area contributed by atoms with Crippen molar-refractivity contribution >= 4 is 17.0 Å². The summed E-state index contributed by atoms with van der Waals surface area (Å²) in [4.78, 5) is 6.58. The fourth-order valence-electron chi connectivity index (χ4n) is 3.54. The molecule has 0 amide bonds. The lowest BCUT2D eigenvalue weighted by Gasteiger charge is -2.08. The number of hydrogen-bond acceptors (Lipinski definition) is 4. The zero-order valence-electron chi connectivity index (χ0n) is 19.0. The average Bonchev–Trinajstić information content (AvgIpc) is 3.16. The average molecular weight is 466 g/mol. The lowest BCUT2D eigenvalue weighted by atomic mass is 10.0. The first kappa shape index (κ1) is 26.1. The maximum Gasteiger partial charge on any atom is 0.430 e. The monoisotopic (exact) mass is 465 g/mol. The number of aromatic nitrogens is 1. The molecule has 3 nitrogen and oxygen atoms in total. The minimum absolute atomic E-state index is 0.185. The molecule has 32 heavy (non-hydrogen) atoms. The number of nitrogens with two attached hydrogens (primary N) is 1. The van der Waals surface area contributed by atoms with Crippen molar-refractivity contribution in [2.45, 2.75) is 84.2 Å². The van der Waals surface area contributed by atoms with Crippen LogP contribution in [0.2, 0.25) is 0 Å². The summed E-state index contributed by atoms with van der Waals surface area (Å²) in [6.45, 7) is 4.39. The van der Waals surface area contributed by atoms with Crippen LogP contribution < -0.4 is 5.73 Å². The lowest BCUT2D eigenvalue weighted by molar-refractivity contribution is -0.0925. The zero-order chi connectivity index (χ0) is 23.6. The SMILES string of the molecule is CCCCCCc1cc(CCCCCC)c(-c2ccnc(C(=N)C=C(N)C(F)(F)F)c2)s1. The quantitative estimate of drug-likeness (QED) is 0.234. The fourth-order valence-corrected chi connectivity index (χ4v) is 4.78. The Balaban J connectivity index is 2.28. The first-order valence-electron chi connectivity index (χ1n) is 11.5. The molecule has 0 radical (unpaired) electrons. The number of rotatable bonds is 13. The van der Waals surface area contributed by atoms with E-state index in [0.29, 0.717) is 6.08 Å². The Morgan fingerprint density at radius 2 is 1.69 bits per heavy atom. The Labute approximate surface area is 193 Å². The first-order valence-corrected chi connectivity index (χ1v) is 12.3. The van der Waals surface area contributed by atoms with Gasteiger partial charge in [0.2, 0.25) is 0 Å². The van der Waals surface area contributed by atoms with Crippen molar-refractivity contribution in [3.8, 4) is 10.4 Å². The van der Waals surface area contributed by atoms with Crippen LogP contribution in [0.1, 0.15) is 81.3 Å². The van der Waals surface area contributed by atoms with Gasteiger partial charge in [0.15, 0.2) is 0 Å². The van der Waals surface area contributed by atoms with Crippen LogP contribution >= 0.6 is 11.3 Å². The highest BCUT2D eigenvalue weighted by atomic mass is 32.1. The highest BCUT2D eigenvalue weighted by Crippen LogP contribution is 2.35. The van der Waals surface area contributed by atoms with Gasteiger partial charge in [0.1, 0.15) is 5.70 Å². The number of thiophene rings is 1. The number of nitrogens with one attached hydrogen (secondary N) is 1. The molecule has 0 aliphatic heterocycles. The largest absolute Gasteiger partial charge is 0.430 e. The van der Waals surface area contributed by atoms with Gasteiger partial charge in [-0.05, 0) is 61.1 Å². The van der Waals surface area contributed by atoms with Gasteiger partial charge in [-0.2, -0.15) is 13.2 Å². The number of hydrogen-bond donors (Lipinski definition) is 2. The molecule has 176 valence electrons. The van der Waals surface area contributed by atoms with Crippen molar-refractivity contribution in [1.29, 1.82) is 5.41 Å². The summed E-state index contributed by atoms with van der Waals surface area (Å²) in [7, 11) is 0. The van der Waals surface area contributed by atoms with Gasteiger partial charge in [-0.1, -0.05) is 52.4 Å². The summed E-state index contributed by atoms with van der Waals surface area (Å²) in [6, 6.07) is 5.87. The van der Waals surface area contributed by atoms with Gasteiger partial charge >= 0.3 is 6.18 Å². The number of nitrogens with zero attached hydrogens (tertiary/aromatic N) is 1. The second-order valence-electron chi connectivity index (χ2n) is 8.13. The van der Waals surface area contributed by atoms with Crippen molar-refractivity contribution < 1.29 is 13.2 Å². The van der Waals surface area contributed by atoms with Crippen molar-refractivity contribution in [2.24, 2.45) is 5.73 Å². The van der Waals surface area contributed by atoms with Gasteiger partial charge in [-0.15, -0.1) is 11.3 Å². The molecule has 2 heterocycles. The smallest absolute Gasteiger partial charge is 0.395 e. The van der Waals surface area contributed by atoms with E-state index < -0.39 is 11.9 Å². The fraction of sp³-hybridized carbons (Fsp3) is 0.520. The minimum Gasteiger partial charge on any atom is -0.395 e. The van der Waals surface area contributed by atoms with Gasteiger partial charge in [-0.25, -0.2) is 0 Å². The predicted octanol–water partition coefficient (Wildman–Crippen LogP) is 7.83. The van der Waals surface area contributed by atoms with Gasteiger partial charge < -0.3 is 5.73 Å². The van der Waals surface area contributed by atoms with E-state index in [1.54, 1.807) is 23.6 Å². The molecule has 2 aromatic rings. The van der Waals surface area contributed by atoms with Gasteiger partial charge in [0.05, 0.1) is 11.4 Å². The van der Waals surface area contributed by atoms with E-state index in [0.717, 1.165) is 36.1 Å². The number of alkyl halides is 3. The van der Waals surface area contributed by atoms with Gasteiger partial charge in [-0.3, -0.25) is 10.4 Å². The summed E-state index contributed by atoms with van der Waals surface area (Å²) in [5, 5.41) is 8.03.